The Hall–Kier alpha value is -1.11. The van der Waals surface area contributed by atoms with Gasteiger partial charge in [-0.25, -0.2) is 0 Å². The third-order valence-electron chi connectivity index (χ3n) is 1.98. The smallest absolute Gasteiger partial charge is 0.411 e. The number of esters is 1. The van der Waals surface area contributed by atoms with E-state index >= 15 is 0 Å². The lowest BCUT2D eigenvalue weighted by Gasteiger charge is -2.17. The van der Waals surface area contributed by atoms with Crippen molar-refractivity contribution in [2.24, 2.45) is 11.8 Å². The van der Waals surface area contributed by atoms with E-state index in [0.29, 0.717) is 0 Å². The van der Waals surface area contributed by atoms with Crippen molar-refractivity contribution < 1.29 is 32.2 Å². The molecule has 0 aromatic heterocycles. The molecule has 0 aliphatic carbocycles. The number of methoxy groups -OCH3 is 1. The number of Topliss-reactive ketones (excluding diaryl/α,β-unsaturated/α-hetero) is 1. The number of carbonyl (C=O) groups is 2. The van der Waals surface area contributed by atoms with Crippen LogP contribution in [0.2, 0.25) is 0 Å². The van der Waals surface area contributed by atoms with Gasteiger partial charge >= 0.3 is 12.1 Å². The van der Waals surface area contributed by atoms with Crippen molar-refractivity contribution >= 4 is 11.8 Å². The normalized spacial score (nSPS) is 13.6. The summed E-state index contributed by atoms with van der Waals surface area (Å²) in [6, 6.07) is 0. The highest BCUT2D eigenvalue weighted by Gasteiger charge is 2.32. The number of ketones is 1. The third kappa shape index (κ3) is 6.25. The van der Waals surface area contributed by atoms with Crippen molar-refractivity contribution in [1.82, 2.24) is 0 Å². The topological polar surface area (TPSA) is 52.6 Å². The minimum Gasteiger partial charge on any atom is -0.468 e. The molecule has 0 fully saturated rings. The monoisotopic (exact) mass is 256 g/mol. The average Bonchev–Trinajstić information content (AvgIpc) is 2.14. The predicted molar refractivity (Wildman–Crippen MR) is 52.2 cm³/mol. The quantitative estimate of drug-likeness (QED) is 0.535. The molecule has 0 aliphatic heterocycles. The van der Waals surface area contributed by atoms with Crippen LogP contribution in [-0.2, 0) is 19.1 Å². The summed E-state index contributed by atoms with van der Waals surface area (Å²) in [5.74, 6) is -2.92. The lowest BCUT2D eigenvalue weighted by atomic mass is 9.92. The molecular formula is C10H15F3O4. The second kappa shape index (κ2) is 6.58. The van der Waals surface area contributed by atoms with Crippen molar-refractivity contribution in [2.45, 2.75) is 20.0 Å². The van der Waals surface area contributed by atoms with Crippen molar-refractivity contribution in [1.29, 1.82) is 0 Å². The minimum absolute atomic E-state index is 0.357. The van der Waals surface area contributed by atoms with Crippen LogP contribution in [0.25, 0.3) is 0 Å². The largest absolute Gasteiger partial charge is 0.468 e. The molecule has 0 heterocycles. The van der Waals surface area contributed by atoms with Gasteiger partial charge in [0.25, 0.3) is 0 Å². The van der Waals surface area contributed by atoms with Crippen LogP contribution in [-0.4, -0.2) is 38.3 Å². The first-order valence-corrected chi connectivity index (χ1v) is 4.94. The molecule has 100 valence electrons. The van der Waals surface area contributed by atoms with Gasteiger partial charge in [0.2, 0.25) is 0 Å². The molecule has 0 bridgehead atoms. The van der Waals surface area contributed by atoms with Crippen molar-refractivity contribution in [3.05, 3.63) is 0 Å². The van der Waals surface area contributed by atoms with E-state index in [0.717, 1.165) is 7.11 Å². The number of hydrogen-bond acceptors (Lipinski definition) is 4. The Kier molecular flexibility index (Phi) is 6.15. The minimum atomic E-state index is -4.49. The zero-order valence-electron chi connectivity index (χ0n) is 9.84. The molecule has 0 radical (unpaired) electrons. The van der Waals surface area contributed by atoms with E-state index in [4.69, 9.17) is 0 Å². The maximum Gasteiger partial charge on any atom is 0.411 e. The first-order valence-electron chi connectivity index (χ1n) is 4.94. The lowest BCUT2D eigenvalue weighted by Crippen LogP contribution is -2.33. The number of halogens is 3. The van der Waals surface area contributed by atoms with Crippen LogP contribution in [0, 0.1) is 11.8 Å². The molecule has 0 rings (SSSR count). The number of alkyl halides is 3. The van der Waals surface area contributed by atoms with Gasteiger partial charge in [-0.1, -0.05) is 13.8 Å². The maximum atomic E-state index is 11.8. The standard InChI is InChI=1S/C10H15F3O4/c1-6(2)8(9(15)16-3)7(14)4-17-5-10(11,12)13/h6,8H,4-5H2,1-3H3. The highest BCUT2D eigenvalue weighted by atomic mass is 19.4. The van der Waals surface area contributed by atoms with Gasteiger partial charge in [-0.05, 0) is 5.92 Å². The summed E-state index contributed by atoms with van der Waals surface area (Å²) in [7, 11) is 1.11. The Labute approximate surface area is 97.1 Å². The molecule has 0 saturated carbocycles. The van der Waals surface area contributed by atoms with Crippen LogP contribution in [0.1, 0.15) is 13.8 Å². The van der Waals surface area contributed by atoms with Crippen molar-refractivity contribution in [2.75, 3.05) is 20.3 Å². The molecule has 1 atom stereocenters. The van der Waals surface area contributed by atoms with Crippen LogP contribution in [0.15, 0.2) is 0 Å². The number of carbonyl (C=O) groups excluding carboxylic acids is 2. The first-order chi connectivity index (χ1) is 7.69. The van der Waals surface area contributed by atoms with Gasteiger partial charge in [0, 0.05) is 0 Å². The predicted octanol–water partition coefficient (Wildman–Crippen LogP) is 1.58. The van der Waals surface area contributed by atoms with Crippen LogP contribution in [0.4, 0.5) is 13.2 Å². The van der Waals surface area contributed by atoms with E-state index in [9.17, 15) is 22.8 Å². The van der Waals surface area contributed by atoms with Gasteiger partial charge in [-0.2, -0.15) is 13.2 Å². The van der Waals surface area contributed by atoms with Crippen LogP contribution in [0.3, 0.4) is 0 Å². The Balaban J connectivity index is 4.31. The molecule has 1 unspecified atom stereocenters. The Morgan fingerprint density at radius 3 is 2.12 bits per heavy atom. The van der Waals surface area contributed by atoms with E-state index in [2.05, 4.69) is 9.47 Å². The molecule has 0 N–H and O–H groups in total. The van der Waals surface area contributed by atoms with Crippen LogP contribution in [0.5, 0.6) is 0 Å². The van der Waals surface area contributed by atoms with E-state index in [1.54, 1.807) is 13.8 Å². The summed E-state index contributed by atoms with van der Waals surface area (Å²) in [5.41, 5.74) is 0. The van der Waals surface area contributed by atoms with Gasteiger partial charge in [-0.15, -0.1) is 0 Å². The van der Waals surface area contributed by atoms with Crippen molar-refractivity contribution in [3.63, 3.8) is 0 Å². The summed E-state index contributed by atoms with van der Waals surface area (Å²) in [6.45, 7) is 0.939. The summed E-state index contributed by atoms with van der Waals surface area (Å²) >= 11 is 0. The Bertz CT molecular complexity index is 273. The highest BCUT2D eigenvalue weighted by molar-refractivity contribution is 5.99. The van der Waals surface area contributed by atoms with E-state index in [1.807, 2.05) is 0 Å². The number of rotatable bonds is 6. The summed E-state index contributed by atoms with van der Waals surface area (Å²) in [4.78, 5) is 22.7. The van der Waals surface area contributed by atoms with Gasteiger partial charge in [0.1, 0.15) is 19.1 Å². The van der Waals surface area contributed by atoms with E-state index < -0.39 is 37.1 Å². The Morgan fingerprint density at radius 1 is 1.24 bits per heavy atom. The van der Waals surface area contributed by atoms with Crippen LogP contribution < -0.4 is 0 Å². The maximum absolute atomic E-state index is 11.8. The zero-order chi connectivity index (χ0) is 13.6. The van der Waals surface area contributed by atoms with Gasteiger partial charge in [-0.3, -0.25) is 9.59 Å². The van der Waals surface area contributed by atoms with Crippen LogP contribution >= 0.6 is 0 Å². The second-order valence-corrected chi connectivity index (χ2v) is 3.82. The first kappa shape index (κ1) is 15.9. The fraction of sp³-hybridized carbons (Fsp3) is 0.800. The average molecular weight is 256 g/mol. The molecule has 0 aromatic rings. The molecule has 0 aromatic carbocycles. The highest BCUT2D eigenvalue weighted by Crippen LogP contribution is 2.17. The van der Waals surface area contributed by atoms with Gasteiger partial charge in [0.15, 0.2) is 5.78 Å². The summed E-state index contributed by atoms with van der Waals surface area (Å²) < 4.78 is 43.9. The number of ether oxygens (including phenoxy) is 2. The molecule has 0 saturated heterocycles. The van der Waals surface area contributed by atoms with E-state index in [1.165, 1.54) is 0 Å². The lowest BCUT2D eigenvalue weighted by molar-refractivity contribution is -0.177. The fourth-order valence-electron chi connectivity index (χ4n) is 1.26. The van der Waals surface area contributed by atoms with Crippen molar-refractivity contribution in [3.8, 4) is 0 Å². The molecule has 17 heavy (non-hydrogen) atoms. The molecule has 0 aliphatic rings. The molecule has 7 heteroatoms. The second-order valence-electron chi connectivity index (χ2n) is 3.82. The fourth-order valence-corrected chi connectivity index (χ4v) is 1.26. The SMILES string of the molecule is COC(=O)C(C(=O)COCC(F)(F)F)C(C)C. The van der Waals surface area contributed by atoms with Gasteiger partial charge in [0.05, 0.1) is 7.11 Å². The molecular weight excluding hydrogens is 241 g/mol. The number of hydrogen-bond donors (Lipinski definition) is 0. The van der Waals surface area contributed by atoms with E-state index in [-0.39, 0.29) is 5.92 Å². The van der Waals surface area contributed by atoms with Gasteiger partial charge < -0.3 is 9.47 Å². The summed E-state index contributed by atoms with van der Waals surface area (Å²) in [5, 5.41) is 0. The zero-order valence-corrected chi connectivity index (χ0v) is 9.84. The Morgan fingerprint density at radius 2 is 1.76 bits per heavy atom. The summed E-state index contributed by atoms with van der Waals surface area (Å²) in [6.07, 6.45) is -4.49. The molecule has 4 nitrogen and oxygen atoms in total. The molecule has 0 spiro atoms. The third-order valence-corrected chi connectivity index (χ3v) is 1.98. The molecule has 0 amide bonds.